The van der Waals surface area contributed by atoms with Gasteiger partial charge in [-0.3, -0.25) is 0 Å². The number of aliphatic carboxylic acids is 1. The lowest BCUT2D eigenvalue weighted by Gasteiger charge is -2.03. The number of hydrogen-bond donors (Lipinski definition) is 0. The summed E-state index contributed by atoms with van der Waals surface area (Å²) in [5.74, 6) is -1.08. The summed E-state index contributed by atoms with van der Waals surface area (Å²) in [5.41, 5.74) is 0. The summed E-state index contributed by atoms with van der Waals surface area (Å²) in [6.07, 6.45) is 29.5. The molecule has 0 atom stereocenters. The fourth-order valence-electron chi connectivity index (χ4n) is 3.48. The number of hydrogen-bond acceptors (Lipinski definition) is 2. The number of imidazole rings is 1. The van der Waals surface area contributed by atoms with Gasteiger partial charge in [0.25, 0.3) is 0 Å². The van der Waals surface area contributed by atoms with Crippen LogP contribution in [0.15, 0.2) is 18.7 Å². The van der Waals surface area contributed by atoms with Gasteiger partial charge in [-0.25, -0.2) is 9.13 Å². The van der Waals surface area contributed by atoms with Crippen molar-refractivity contribution in [3.8, 4) is 0 Å². The highest BCUT2D eigenvalue weighted by Crippen LogP contribution is 2.13. The maximum Gasteiger partial charge on any atom is 0.243 e. The highest BCUT2D eigenvalue weighted by Gasteiger charge is 1.99. The maximum atomic E-state index is 8.89. The number of aromatic nitrogens is 2. The third-order valence-electron chi connectivity index (χ3n) is 5.09. The fourth-order valence-corrected chi connectivity index (χ4v) is 3.48. The van der Waals surface area contributed by atoms with Crippen molar-refractivity contribution in [2.45, 2.75) is 123 Å². The summed E-state index contributed by atoms with van der Waals surface area (Å²) in [5, 5.41) is 8.89. The average molecular weight is 395 g/mol. The summed E-state index contributed by atoms with van der Waals surface area (Å²) in [6, 6.07) is 0. The van der Waals surface area contributed by atoms with Crippen LogP contribution >= 0.6 is 0 Å². The van der Waals surface area contributed by atoms with E-state index in [4.69, 9.17) is 9.90 Å². The minimum atomic E-state index is -1.08. The normalized spacial score (nSPS) is 10.5. The number of rotatable bonds is 17. The number of carbonyl (C=O) groups is 1. The number of carboxylic acids is 1. The summed E-state index contributed by atoms with van der Waals surface area (Å²) >= 11 is 0. The molecule has 0 fully saturated rings. The van der Waals surface area contributed by atoms with E-state index in [2.05, 4.69) is 41.8 Å². The Kier molecular flexibility index (Phi) is 19.5. The van der Waals surface area contributed by atoms with Crippen LogP contribution in [-0.4, -0.2) is 10.5 Å². The number of nitrogens with zero attached hydrogens (tertiary/aromatic N) is 2. The Morgan fingerprint density at radius 2 is 1.14 bits per heavy atom. The molecule has 0 aliphatic heterocycles. The van der Waals surface area contributed by atoms with E-state index < -0.39 is 5.97 Å². The maximum absolute atomic E-state index is 8.89. The van der Waals surface area contributed by atoms with Gasteiger partial charge in [0.1, 0.15) is 12.4 Å². The van der Waals surface area contributed by atoms with E-state index in [9.17, 15) is 0 Å². The van der Waals surface area contributed by atoms with Crippen LogP contribution in [0, 0.1) is 0 Å². The van der Waals surface area contributed by atoms with E-state index >= 15 is 0 Å². The van der Waals surface area contributed by atoms with E-state index in [1.54, 1.807) is 0 Å². The second kappa shape index (κ2) is 20.4. The van der Waals surface area contributed by atoms with Gasteiger partial charge in [-0.1, -0.05) is 96.8 Å². The van der Waals surface area contributed by atoms with Gasteiger partial charge in [0.05, 0.1) is 13.6 Å². The molecule has 0 saturated carbocycles. The Morgan fingerprint density at radius 3 is 1.46 bits per heavy atom. The molecule has 164 valence electrons. The zero-order chi connectivity index (χ0) is 20.9. The Labute approximate surface area is 174 Å². The third-order valence-corrected chi connectivity index (χ3v) is 5.09. The second-order valence-corrected chi connectivity index (χ2v) is 8.11. The first kappa shape index (κ1) is 26.7. The van der Waals surface area contributed by atoms with Gasteiger partial charge in [-0.2, -0.15) is 0 Å². The lowest BCUT2D eigenvalue weighted by molar-refractivity contribution is -0.671. The van der Waals surface area contributed by atoms with Crippen molar-refractivity contribution in [1.82, 2.24) is 4.57 Å². The molecule has 1 aromatic heterocycles. The smallest absolute Gasteiger partial charge is 0.243 e. The topological polar surface area (TPSA) is 48.9 Å². The highest BCUT2D eigenvalue weighted by atomic mass is 16.4. The Balaban J connectivity index is 0.00000165. The van der Waals surface area contributed by atoms with Crippen LogP contribution in [0.25, 0.3) is 0 Å². The molecular formula is C24H46N2O2. The van der Waals surface area contributed by atoms with Crippen molar-refractivity contribution in [2.24, 2.45) is 7.05 Å². The van der Waals surface area contributed by atoms with Crippen molar-refractivity contribution in [3.63, 3.8) is 0 Å². The van der Waals surface area contributed by atoms with Gasteiger partial charge in [-0.05, 0) is 19.8 Å². The molecule has 0 unspecified atom stereocenters. The summed E-state index contributed by atoms with van der Waals surface area (Å²) in [6.45, 7) is 4.45. The van der Waals surface area contributed by atoms with Crippen LogP contribution in [0.3, 0.4) is 0 Å². The highest BCUT2D eigenvalue weighted by molar-refractivity contribution is 5.60. The van der Waals surface area contributed by atoms with E-state index in [-0.39, 0.29) is 0 Å². The molecule has 4 heteroatoms. The summed E-state index contributed by atoms with van der Waals surface area (Å²) in [4.78, 5) is 8.89. The van der Waals surface area contributed by atoms with Gasteiger partial charge in [0, 0.05) is 5.97 Å². The van der Waals surface area contributed by atoms with Crippen molar-refractivity contribution >= 4 is 5.97 Å². The number of carboxylic acid groups (broad SMARTS) is 1. The molecule has 0 aliphatic rings. The van der Waals surface area contributed by atoms with Crippen LogP contribution in [0.2, 0.25) is 0 Å². The van der Waals surface area contributed by atoms with Crippen LogP contribution in [0.5, 0.6) is 0 Å². The second-order valence-electron chi connectivity index (χ2n) is 8.11. The Hall–Kier alpha value is -1.32. The molecule has 0 bridgehead atoms. The predicted octanol–water partition coefficient (Wildman–Crippen LogP) is 5.33. The summed E-state index contributed by atoms with van der Waals surface area (Å²) in [7, 11) is 2.09. The van der Waals surface area contributed by atoms with Crippen molar-refractivity contribution < 1.29 is 14.5 Å². The molecule has 28 heavy (non-hydrogen) atoms. The Morgan fingerprint density at radius 1 is 0.786 bits per heavy atom. The molecule has 0 radical (unpaired) electrons. The van der Waals surface area contributed by atoms with E-state index in [0.29, 0.717) is 0 Å². The third kappa shape index (κ3) is 21.0. The molecule has 0 aromatic carbocycles. The first-order valence-corrected chi connectivity index (χ1v) is 11.7. The molecule has 1 rings (SSSR count). The van der Waals surface area contributed by atoms with Crippen molar-refractivity contribution in [1.29, 1.82) is 0 Å². The van der Waals surface area contributed by atoms with Gasteiger partial charge >= 0.3 is 0 Å². The molecule has 1 heterocycles. The molecular weight excluding hydrogens is 348 g/mol. The minimum absolute atomic E-state index is 0.972. The molecule has 0 amide bonds. The van der Waals surface area contributed by atoms with Gasteiger partial charge in [0.2, 0.25) is 6.33 Å². The first-order valence-electron chi connectivity index (χ1n) is 11.7. The number of aryl methyl sites for hydroxylation is 2. The van der Waals surface area contributed by atoms with Crippen LogP contribution < -0.4 is 9.67 Å². The molecule has 4 nitrogen and oxygen atoms in total. The quantitative estimate of drug-likeness (QED) is 0.265. The molecule has 0 spiro atoms. The van der Waals surface area contributed by atoms with E-state index in [0.717, 1.165) is 6.92 Å². The predicted molar refractivity (Wildman–Crippen MR) is 116 cm³/mol. The first-order chi connectivity index (χ1) is 13.6. The SMILES string of the molecule is CC(=O)[O-].CCCCCCCCCCCCCCCCCCn1cc[n+](C)c1. The minimum Gasteiger partial charge on any atom is -0.550 e. The van der Waals surface area contributed by atoms with Crippen LogP contribution in [0.4, 0.5) is 0 Å². The molecule has 1 aromatic rings. The zero-order valence-electron chi connectivity index (χ0n) is 19.0. The lowest BCUT2D eigenvalue weighted by Crippen LogP contribution is -2.23. The van der Waals surface area contributed by atoms with E-state index in [1.165, 1.54) is 109 Å². The largest absolute Gasteiger partial charge is 0.550 e. The van der Waals surface area contributed by atoms with Gasteiger partial charge < -0.3 is 9.90 Å². The van der Waals surface area contributed by atoms with Crippen molar-refractivity contribution in [2.75, 3.05) is 0 Å². The fraction of sp³-hybridized carbons (Fsp3) is 0.833. The Bertz CT molecular complexity index is 453. The van der Waals surface area contributed by atoms with Gasteiger partial charge in [-0.15, -0.1) is 0 Å². The molecule has 0 N–H and O–H groups in total. The lowest BCUT2D eigenvalue weighted by atomic mass is 10.0. The average Bonchev–Trinajstić information content (AvgIpc) is 3.06. The monoisotopic (exact) mass is 394 g/mol. The van der Waals surface area contributed by atoms with Crippen LogP contribution in [0.1, 0.15) is 117 Å². The standard InChI is InChI=1S/C22H43N2.C2H4O2/c1-3-4-5-6-7-8-9-10-11-12-13-14-15-16-17-18-19-24-21-20-23(2)22-24;1-2(3)4/h20-22H,3-19H2,1-2H3;1H3,(H,3,4)/q+1;/p-1. The van der Waals surface area contributed by atoms with Crippen LogP contribution in [-0.2, 0) is 18.4 Å². The summed E-state index contributed by atoms with van der Waals surface area (Å²) < 4.78 is 4.41. The van der Waals surface area contributed by atoms with Gasteiger partial charge in [0.15, 0.2) is 0 Å². The zero-order valence-corrected chi connectivity index (χ0v) is 19.0. The number of unbranched alkanes of at least 4 members (excludes halogenated alkanes) is 15. The van der Waals surface area contributed by atoms with Crippen molar-refractivity contribution in [3.05, 3.63) is 18.7 Å². The van der Waals surface area contributed by atoms with E-state index in [1.807, 2.05) is 0 Å². The number of carbonyl (C=O) groups excluding carboxylic acids is 1. The molecule has 0 saturated heterocycles. The molecule has 0 aliphatic carbocycles.